The number of pyridine rings is 3. The molecule has 1 aliphatic carbocycles. The van der Waals surface area contributed by atoms with Crippen LogP contribution in [0.15, 0.2) is 55.1 Å². The number of hydrogen-bond donors (Lipinski definition) is 1. The van der Waals surface area contributed by atoms with E-state index in [1.807, 2.05) is 37.6 Å². The molecular weight excluding hydrogens is 542 g/mol. The first kappa shape index (κ1) is 27.6. The molecule has 2 bridgehead atoms. The number of anilines is 1. The smallest absolute Gasteiger partial charge is 0.212 e. The van der Waals surface area contributed by atoms with Crippen LogP contribution in [0.5, 0.6) is 11.6 Å². The summed E-state index contributed by atoms with van der Waals surface area (Å²) in [6, 6.07) is 13.4. The highest BCUT2D eigenvalue weighted by atomic mass is 16.5. The molecule has 2 atom stereocenters. The average molecular weight is 580 g/mol. The summed E-state index contributed by atoms with van der Waals surface area (Å²) in [4.78, 5) is 14.2. The number of methoxy groups -OCH3 is 1. The molecule has 43 heavy (non-hydrogen) atoms. The first-order chi connectivity index (χ1) is 20.9. The maximum atomic E-state index is 10.3. The molecule has 10 nitrogen and oxygen atoms in total. The number of nitrogens with zero attached hydrogens (tertiary/aromatic N) is 7. The van der Waals surface area contributed by atoms with Gasteiger partial charge in [0.1, 0.15) is 17.6 Å². The highest BCUT2D eigenvalue weighted by Crippen LogP contribution is 2.37. The summed E-state index contributed by atoms with van der Waals surface area (Å²) < 4.78 is 13.2. The van der Waals surface area contributed by atoms with Gasteiger partial charge >= 0.3 is 0 Å². The van der Waals surface area contributed by atoms with Crippen molar-refractivity contribution >= 4 is 11.3 Å². The number of hydrogen-bond acceptors (Lipinski definition) is 9. The third-order valence-electron chi connectivity index (χ3n) is 9.47. The minimum Gasteiger partial charge on any atom is -0.492 e. The summed E-state index contributed by atoms with van der Waals surface area (Å²) in [5, 5.41) is 24.5. The number of fused-ring (bicyclic) bond motifs is 3. The van der Waals surface area contributed by atoms with E-state index in [1.165, 1.54) is 12.0 Å². The van der Waals surface area contributed by atoms with Crippen LogP contribution in [0, 0.1) is 17.2 Å². The molecule has 0 amide bonds. The second kappa shape index (κ2) is 11.1. The third-order valence-corrected chi connectivity index (χ3v) is 9.47. The Bertz CT molecular complexity index is 1620. The lowest BCUT2D eigenvalue weighted by atomic mass is 9.80. The maximum Gasteiger partial charge on any atom is 0.212 e. The molecule has 4 aromatic rings. The van der Waals surface area contributed by atoms with Gasteiger partial charge in [-0.2, -0.15) is 10.4 Å². The van der Waals surface area contributed by atoms with E-state index in [4.69, 9.17) is 14.5 Å². The number of nitriles is 1. The predicted molar refractivity (Wildman–Crippen MR) is 162 cm³/mol. The van der Waals surface area contributed by atoms with Gasteiger partial charge in [0, 0.05) is 61.3 Å². The Balaban J connectivity index is 1.05. The summed E-state index contributed by atoms with van der Waals surface area (Å²) in [5.41, 5.74) is 3.70. The fourth-order valence-corrected chi connectivity index (χ4v) is 6.86. The summed E-state index contributed by atoms with van der Waals surface area (Å²) in [7, 11) is 1.64. The first-order valence-electron chi connectivity index (χ1n) is 15.1. The molecule has 4 fully saturated rings. The zero-order valence-corrected chi connectivity index (χ0v) is 24.7. The Labute approximate surface area is 251 Å². The van der Waals surface area contributed by atoms with Gasteiger partial charge in [-0.15, -0.1) is 0 Å². The van der Waals surface area contributed by atoms with Crippen molar-refractivity contribution in [3.8, 4) is 28.8 Å². The number of rotatable bonds is 8. The molecule has 0 spiro atoms. The van der Waals surface area contributed by atoms with Gasteiger partial charge in [-0.05, 0) is 68.7 Å². The van der Waals surface area contributed by atoms with Crippen LogP contribution in [0.4, 0.5) is 5.82 Å². The Hall–Kier alpha value is -4.20. The summed E-state index contributed by atoms with van der Waals surface area (Å²) >= 11 is 0. The predicted octanol–water partition coefficient (Wildman–Crippen LogP) is 4.45. The van der Waals surface area contributed by atoms with Gasteiger partial charge in [0.25, 0.3) is 0 Å². The van der Waals surface area contributed by atoms with E-state index in [1.54, 1.807) is 17.8 Å². The summed E-state index contributed by atoms with van der Waals surface area (Å²) in [6.45, 7) is 5.29. The second-order valence-electron chi connectivity index (χ2n) is 12.5. The van der Waals surface area contributed by atoms with Gasteiger partial charge in [0.15, 0.2) is 0 Å². The summed E-state index contributed by atoms with van der Waals surface area (Å²) in [5.74, 6) is 2.72. The molecule has 2 unspecified atom stereocenters. The third kappa shape index (κ3) is 5.51. The van der Waals surface area contributed by atoms with Gasteiger partial charge in [-0.25, -0.2) is 14.5 Å². The van der Waals surface area contributed by atoms with E-state index in [0.717, 1.165) is 67.8 Å². The molecule has 0 aromatic carbocycles. The van der Waals surface area contributed by atoms with E-state index in [9.17, 15) is 10.4 Å². The SMILES string of the molecule is COc1ccc(CN2C3CC2CN(c2ccc(-c4cc(OCC5CCC(C)(O)CC5)cn5ncc(C#N)c45)cn2)C3)cn1. The lowest BCUT2D eigenvalue weighted by Gasteiger charge is -2.56. The Kier molecular flexibility index (Phi) is 7.15. The largest absolute Gasteiger partial charge is 0.492 e. The van der Waals surface area contributed by atoms with Crippen LogP contribution < -0.4 is 14.4 Å². The Morgan fingerprint density at radius 2 is 1.88 bits per heavy atom. The van der Waals surface area contributed by atoms with E-state index in [0.29, 0.717) is 41.8 Å². The standard InChI is InChI=1S/C33H37N7O3/c1-33(41)9-7-22(8-10-33)21-43-28-12-29(32-25(13-34)16-37-40(32)20-28)24-4-5-30(35-15-24)38-18-26-11-27(19-38)39(26)17-23-3-6-31(42-2)36-14-23/h3-6,12,14-16,20,22,26-27,41H,7-11,17-19,21H2,1-2H3. The van der Waals surface area contributed by atoms with Gasteiger partial charge in [0.2, 0.25) is 5.88 Å². The van der Waals surface area contributed by atoms with Crippen LogP contribution in [0.25, 0.3) is 16.6 Å². The molecular formula is C33H37N7O3. The Morgan fingerprint density at radius 1 is 1.07 bits per heavy atom. The molecule has 1 N–H and O–H groups in total. The molecule has 0 radical (unpaired) electrons. The van der Waals surface area contributed by atoms with Crippen molar-refractivity contribution in [3.05, 3.63) is 66.2 Å². The zero-order chi connectivity index (χ0) is 29.6. The zero-order valence-electron chi connectivity index (χ0n) is 24.7. The fraction of sp³-hybridized carbons (Fsp3) is 0.455. The van der Waals surface area contributed by atoms with Crippen LogP contribution in [0.2, 0.25) is 0 Å². The van der Waals surface area contributed by atoms with Crippen LogP contribution in [-0.2, 0) is 6.54 Å². The van der Waals surface area contributed by atoms with Crippen molar-refractivity contribution in [3.63, 3.8) is 0 Å². The van der Waals surface area contributed by atoms with Crippen molar-refractivity contribution in [1.82, 2.24) is 24.5 Å². The number of piperazine rings is 1. The van der Waals surface area contributed by atoms with Crippen LogP contribution in [0.1, 0.15) is 50.2 Å². The summed E-state index contributed by atoms with van der Waals surface area (Å²) in [6.07, 6.45) is 11.9. The molecule has 4 aliphatic rings. The minimum absolute atomic E-state index is 0.409. The molecule has 7 heterocycles. The Morgan fingerprint density at radius 3 is 2.56 bits per heavy atom. The van der Waals surface area contributed by atoms with Crippen molar-refractivity contribution < 1.29 is 14.6 Å². The van der Waals surface area contributed by atoms with Gasteiger partial charge in [-0.3, -0.25) is 4.90 Å². The second-order valence-corrected chi connectivity index (χ2v) is 12.5. The van der Waals surface area contributed by atoms with Crippen LogP contribution in [-0.4, -0.2) is 74.1 Å². The quantitative estimate of drug-likeness (QED) is 0.323. The van der Waals surface area contributed by atoms with E-state index < -0.39 is 5.60 Å². The van der Waals surface area contributed by atoms with Crippen LogP contribution >= 0.6 is 0 Å². The van der Waals surface area contributed by atoms with Gasteiger partial charge in [-0.1, -0.05) is 6.07 Å². The maximum absolute atomic E-state index is 10.3. The number of aromatic nitrogens is 4. The molecule has 222 valence electrons. The van der Waals surface area contributed by atoms with E-state index in [2.05, 4.69) is 44.2 Å². The molecule has 8 rings (SSSR count). The van der Waals surface area contributed by atoms with E-state index >= 15 is 0 Å². The topological polar surface area (TPSA) is 112 Å². The minimum atomic E-state index is -0.562. The van der Waals surface area contributed by atoms with Gasteiger partial charge < -0.3 is 19.5 Å². The monoisotopic (exact) mass is 579 g/mol. The van der Waals surface area contributed by atoms with Crippen molar-refractivity contribution in [2.75, 3.05) is 31.7 Å². The lowest BCUT2D eigenvalue weighted by Crippen LogP contribution is -2.68. The molecule has 4 aromatic heterocycles. The van der Waals surface area contributed by atoms with Crippen molar-refractivity contribution in [2.45, 2.75) is 63.3 Å². The number of ether oxygens (including phenoxy) is 2. The molecule has 3 saturated heterocycles. The molecule has 10 heteroatoms. The van der Waals surface area contributed by atoms with Crippen LogP contribution in [0.3, 0.4) is 0 Å². The lowest BCUT2D eigenvalue weighted by molar-refractivity contribution is -0.00877. The number of aliphatic hydroxyl groups is 1. The van der Waals surface area contributed by atoms with E-state index in [-0.39, 0.29) is 0 Å². The van der Waals surface area contributed by atoms with Crippen molar-refractivity contribution in [2.24, 2.45) is 5.92 Å². The number of piperidine rings is 1. The normalized spacial score (nSPS) is 25.3. The van der Waals surface area contributed by atoms with Gasteiger partial charge in [0.05, 0.1) is 42.8 Å². The molecule has 1 saturated carbocycles. The average Bonchev–Trinajstić information content (AvgIpc) is 3.46. The highest BCUT2D eigenvalue weighted by Gasteiger charge is 2.44. The fourth-order valence-electron chi connectivity index (χ4n) is 6.86. The highest BCUT2D eigenvalue weighted by molar-refractivity contribution is 5.85. The first-order valence-corrected chi connectivity index (χ1v) is 15.1. The molecule has 3 aliphatic heterocycles. The van der Waals surface area contributed by atoms with Crippen molar-refractivity contribution in [1.29, 1.82) is 5.26 Å².